The second-order valence-electron chi connectivity index (χ2n) is 10.5. The molecule has 0 aliphatic rings. The Hall–Kier alpha value is -1.56. The standard InChI is InChI=1S/C5H13N3.C5H8N2.C5H13NS2.C5H13N.C5H10O.C4H8O.C4H10.C3H8/c1-2-3-4-8-5(6)7;1-2-5-3-6-4-7-5;1-3-7-8-4-5(2)6;1-2-3-4-5-6;1-3-4-5(2)6;1-3-4(2)5;1-3-4-2;1-3-2/h2-4H2,1H3,(H4,6,7,8);3-4H,2H2,1H3,(H,6,7);5H,3-4,6H2,1-2H3;2-6H2,1H3;3-4H2,1-2H3;3H2,1-2H3;3-4H2,1-2H3;3H2,1-2H3. The van der Waals surface area contributed by atoms with E-state index in [9.17, 15) is 9.59 Å². The number of imidazole rings is 1. The van der Waals surface area contributed by atoms with Crippen LogP contribution in [-0.4, -0.2) is 58.1 Å². The average Bonchev–Trinajstić information content (AvgIpc) is 3.56. The summed E-state index contributed by atoms with van der Waals surface area (Å²) in [7, 11) is 3.73. The number of hydrogen-bond donors (Lipinski definition) is 5. The van der Waals surface area contributed by atoms with Crippen molar-refractivity contribution in [2.75, 3.05) is 24.6 Å². The van der Waals surface area contributed by atoms with Crippen LogP contribution >= 0.6 is 21.6 Å². The van der Waals surface area contributed by atoms with Crippen molar-refractivity contribution < 1.29 is 9.59 Å². The first-order valence-corrected chi connectivity index (χ1v) is 20.5. The molecule has 9 N–H and O–H groups in total. The summed E-state index contributed by atoms with van der Waals surface area (Å²) in [6.45, 7) is 27.8. The van der Waals surface area contributed by atoms with E-state index in [-0.39, 0.29) is 17.5 Å². The molecule has 1 atom stereocenters. The van der Waals surface area contributed by atoms with Crippen LogP contribution in [0.4, 0.5) is 0 Å². The molecule has 0 aliphatic heterocycles. The lowest BCUT2D eigenvalue weighted by molar-refractivity contribution is -0.117. The van der Waals surface area contributed by atoms with Crippen LogP contribution in [0.1, 0.15) is 166 Å². The lowest BCUT2D eigenvalue weighted by atomic mass is 10.3. The number of aromatic nitrogens is 2. The third-order valence-corrected chi connectivity index (χ3v) is 7.36. The molecule has 1 aromatic rings. The van der Waals surface area contributed by atoms with E-state index in [1.165, 1.54) is 50.0 Å². The summed E-state index contributed by atoms with van der Waals surface area (Å²) in [6, 6.07) is 0.346. The second kappa shape index (κ2) is 63.2. The molecule has 1 unspecified atom stereocenters. The molecule has 0 saturated heterocycles. The van der Waals surface area contributed by atoms with Crippen LogP contribution in [0.25, 0.3) is 0 Å². The van der Waals surface area contributed by atoms with Crippen molar-refractivity contribution in [3.05, 3.63) is 18.2 Å². The Morgan fingerprint density at radius 1 is 0.830 bits per heavy atom. The summed E-state index contributed by atoms with van der Waals surface area (Å²) < 4.78 is 0. The fourth-order valence-corrected chi connectivity index (χ4v) is 3.74. The van der Waals surface area contributed by atoms with Crippen molar-refractivity contribution >= 4 is 39.1 Å². The van der Waals surface area contributed by atoms with Gasteiger partial charge in [0, 0.05) is 48.8 Å². The smallest absolute Gasteiger partial charge is 0.185 e. The zero-order valence-corrected chi connectivity index (χ0v) is 35.0. The maximum atomic E-state index is 10.0. The van der Waals surface area contributed by atoms with Gasteiger partial charge >= 0.3 is 0 Å². The van der Waals surface area contributed by atoms with E-state index < -0.39 is 0 Å². The second-order valence-corrected chi connectivity index (χ2v) is 13.3. The highest BCUT2D eigenvalue weighted by Crippen LogP contribution is 2.20. The van der Waals surface area contributed by atoms with E-state index >= 15 is 0 Å². The highest BCUT2D eigenvalue weighted by atomic mass is 33.1. The summed E-state index contributed by atoms with van der Waals surface area (Å²) in [4.78, 5) is 30.5. The number of guanidine groups is 1. The summed E-state index contributed by atoms with van der Waals surface area (Å²) >= 11 is 0. The van der Waals surface area contributed by atoms with Crippen molar-refractivity contribution in [3.8, 4) is 0 Å². The van der Waals surface area contributed by atoms with E-state index in [0.29, 0.717) is 12.5 Å². The first kappa shape index (κ1) is 60.7. The first-order valence-electron chi connectivity index (χ1n) is 18.0. The van der Waals surface area contributed by atoms with Gasteiger partial charge in [0.25, 0.3) is 0 Å². The van der Waals surface area contributed by atoms with Crippen LogP contribution in [0.2, 0.25) is 0 Å². The number of carbonyl (C=O) groups is 2. The van der Waals surface area contributed by atoms with Crippen molar-refractivity contribution in [1.29, 1.82) is 0 Å². The largest absolute Gasteiger partial charge is 0.370 e. The number of aliphatic imine (C=N–C) groups is 1. The molecule has 1 rings (SSSR count). The number of aromatic amines is 1. The Morgan fingerprint density at radius 3 is 1.53 bits per heavy atom. The lowest BCUT2D eigenvalue weighted by Gasteiger charge is -2.00. The van der Waals surface area contributed by atoms with Crippen LogP contribution in [0.3, 0.4) is 0 Å². The van der Waals surface area contributed by atoms with Crippen LogP contribution in [0.15, 0.2) is 17.5 Å². The van der Waals surface area contributed by atoms with E-state index in [1.54, 1.807) is 20.2 Å². The first-order chi connectivity index (χ1) is 22.3. The predicted octanol–water partition coefficient (Wildman–Crippen LogP) is 9.49. The lowest BCUT2D eigenvalue weighted by Crippen LogP contribution is -2.22. The van der Waals surface area contributed by atoms with Crippen molar-refractivity contribution in [3.63, 3.8) is 0 Å². The Kier molecular flexibility index (Phi) is 81.6. The number of Topliss-reactive ketones (excluding diaryl/α,β-unsaturated/α-hetero) is 2. The molecule has 47 heavy (non-hydrogen) atoms. The van der Waals surface area contributed by atoms with Crippen LogP contribution in [0.5, 0.6) is 0 Å². The number of nitrogens with zero attached hydrogens (tertiary/aromatic N) is 2. The molecule has 0 saturated carbocycles. The number of nitrogens with two attached hydrogens (primary N) is 4. The normalized spacial score (nSPS) is 9.26. The van der Waals surface area contributed by atoms with E-state index in [0.717, 1.165) is 50.9 Å². The number of unbranched alkanes of at least 4 members (excludes halogenated alkanes) is 4. The molecule has 0 aliphatic carbocycles. The topological polar surface area (TPSA) is 179 Å². The summed E-state index contributed by atoms with van der Waals surface area (Å²) in [5.74, 6) is 2.98. The van der Waals surface area contributed by atoms with Crippen LogP contribution in [0, 0.1) is 0 Å². The van der Waals surface area contributed by atoms with E-state index in [1.807, 2.05) is 48.6 Å². The minimum absolute atomic E-state index is 0.193. The number of carbonyl (C=O) groups excluding carboxylic acids is 2. The minimum Gasteiger partial charge on any atom is -0.370 e. The highest BCUT2D eigenvalue weighted by Gasteiger charge is 1.91. The summed E-state index contributed by atoms with van der Waals surface area (Å²) in [5.41, 5.74) is 22.0. The molecule has 0 fully saturated rings. The predicted molar refractivity (Wildman–Crippen MR) is 219 cm³/mol. The number of rotatable bonds is 15. The number of H-pyrrole nitrogens is 1. The molecule has 286 valence electrons. The molecule has 0 amide bonds. The van der Waals surface area contributed by atoms with Gasteiger partial charge in [0.1, 0.15) is 11.6 Å². The fraction of sp³-hybridized carbons (Fsp3) is 0.833. The quantitative estimate of drug-likeness (QED) is 0.0513. The van der Waals surface area contributed by atoms with Gasteiger partial charge in [-0.05, 0) is 53.0 Å². The van der Waals surface area contributed by atoms with Gasteiger partial charge in [-0.1, -0.05) is 129 Å². The number of aryl methyl sites for hydroxylation is 1. The maximum Gasteiger partial charge on any atom is 0.185 e. The molecule has 9 nitrogen and oxygen atoms in total. The molecule has 1 heterocycles. The highest BCUT2D eigenvalue weighted by molar-refractivity contribution is 8.76. The van der Waals surface area contributed by atoms with Gasteiger partial charge in [0.05, 0.1) is 6.33 Å². The van der Waals surface area contributed by atoms with Crippen molar-refractivity contribution in [2.45, 2.75) is 173 Å². The van der Waals surface area contributed by atoms with Gasteiger partial charge in [0.2, 0.25) is 0 Å². The molecular formula is C36H83N7O2S2. The SMILES string of the molecule is CCC.CCC(C)=O.CCCC.CCCC(C)=O.CCCCCN.CCCCN=C(N)N.CCSSCC(C)N.CCc1cnc[nH]1. The Labute approximate surface area is 301 Å². The maximum absolute atomic E-state index is 10.0. The van der Waals surface area contributed by atoms with Crippen LogP contribution < -0.4 is 22.9 Å². The summed E-state index contributed by atoms with van der Waals surface area (Å²) in [5, 5.41) is 0. The average molecular weight is 710 g/mol. The van der Waals surface area contributed by atoms with Gasteiger partial charge in [-0.2, -0.15) is 0 Å². The third kappa shape index (κ3) is 114. The van der Waals surface area contributed by atoms with Gasteiger partial charge in [-0.15, -0.1) is 0 Å². The van der Waals surface area contributed by atoms with E-state index in [2.05, 4.69) is 70.4 Å². The number of nitrogens with one attached hydrogen (secondary N) is 1. The molecule has 0 spiro atoms. The Morgan fingerprint density at radius 2 is 1.34 bits per heavy atom. The van der Waals surface area contributed by atoms with Crippen molar-refractivity contribution in [2.24, 2.45) is 27.9 Å². The monoisotopic (exact) mass is 710 g/mol. The van der Waals surface area contributed by atoms with Gasteiger partial charge in [0.15, 0.2) is 5.96 Å². The van der Waals surface area contributed by atoms with E-state index in [4.69, 9.17) is 22.9 Å². The van der Waals surface area contributed by atoms with Gasteiger partial charge < -0.3 is 37.5 Å². The zero-order valence-electron chi connectivity index (χ0n) is 33.4. The third-order valence-electron chi connectivity index (χ3n) is 4.68. The number of hydrogen-bond acceptors (Lipinski definition) is 8. The summed E-state index contributed by atoms with van der Waals surface area (Å²) in [6.07, 6.45) is 16.8. The van der Waals surface area contributed by atoms with Gasteiger partial charge in [-0.3, -0.25) is 4.99 Å². The molecule has 1 aromatic heterocycles. The molecule has 0 radical (unpaired) electrons. The molecule has 0 aromatic carbocycles. The van der Waals surface area contributed by atoms with Crippen LogP contribution in [-0.2, 0) is 16.0 Å². The van der Waals surface area contributed by atoms with Gasteiger partial charge in [-0.25, -0.2) is 4.98 Å². The molecule has 11 heteroatoms. The Balaban J connectivity index is -0.0000000791. The Bertz CT molecular complexity index is 666. The number of ketones is 2. The minimum atomic E-state index is 0.193. The molecular weight excluding hydrogens is 627 g/mol. The molecule has 0 bridgehead atoms. The van der Waals surface area contributed by atoms with Crippen molar-refractivity contribution in [1.82, 2.24) is 9.97 Å². The zero-order chi connectivity index (χ0) is 38.2. The fourth-order valence-electron chi connectivity index (χ4n) is 1.83.